The first-order chi connectivity index (χ1) is 16.7. The molecule has 0 amide bonds. The Morgan fingerprint density at radius 1 is 1.17 bits per heavy atom. The second-order valence-corrected chi connectivity index (χ2v) is 9.55. The largest absolute Gasteiger partial charge is 0.468 e. The van der Waals surface area contributed by atoms with Crippen LogP contribution in [0.5, 0.6) is 0 Å². The zero-order chi connectivity index (χ0) is 25.3. The number of benzene rings is 1. The Morgan fingerprint density at radius 3 is 2.54 bits per heavy atom. The van der Waals surface area contributed by atoms with Crippen LogP contribution in [0.15, 0.2) is 46.8 Å². The molecule has 1 aromatic carbocycles. The lowest BCUT2D eigenvalue weighted by Gasteiger charge is -2.38. The van der Waals surface area contributed by atoms with Gasteiger partial charge >= 0.3 is 11.9 Å². The number of nitro groups is 1. The molecule has 2 aliphatic carbocycles. The molecule has 0 aromatic heterocycles. The highest BCUT2D eigenvalue weighted by atomic mass is 16.6. The molecular formula is C26H30N2O7. The number of hydrogen-bond acceptors (Lipinski definition) is 8. The number of esters is 2. The van der Waals surface area contributed by atoms with Crippen molar-refractivity contribution in [3.05, 3.63) is 62.5 Å². The molecule has 4 rings (SSSR count). The molecule has 3 atom stereocenters. The molecule has 1 aliphatic heterocycles. The van der Waals surface area contributed by atoms with Crippen LogP contribution in [0.4, 0.5) is 5.69 Å². The highest BCUT2D eigenvalue weighted by Gasteiger charge is 2.47. The van der Waals surface area contributed by atoms with Gasteiger partial charge in [-0.3, -0.25) is 19.7 Å². The zero-order valence-electron chi connectivity index (χ0n) is 20.2. The number of carbonyl (C=O) groups excluding carboxylic acids is 3. The van der Waals surface area contributed by atoms with Crippen molar-refractivity contribution in [1.29, 1.82) is 0 Å². The number of ether oxygens (including phenoxy) is 2. The number of nitrogens with zero attached hydrogens (tertiary/aromatic N) is 1. The van der Waals surface area contributed by atoms with Gasteiger partial charge in [-0.25, -0.2) is 4.79 Å². The number of nitro benzene ring substituents is 1. The lowest BCUT2D eigenvalue weighted by molar-refractivity contribution is -0.384. The predicted molar refractivity (Wildman–Crippen MR) is 126 cm³/mol. The molecule has 1 saturated carbocycles. The van der Waals surface area contributed by atoms with E-state index in [-0.39, 0.29) is 28.9 Å². The van der Waals surface area contributed by atoms with Crippen LogP contribution in [0.2, 0.25) is 0 Å². The highest BCUT2D eigenvalue weighted by molar-refractivity contribution is 6.12. The van der Waals surface area contributed by atoms with Gasteiger partial charge in [0.2, 0.25) is 0 Å². The lowest BCUT2D eigenvalue weighted by Crippen LogP contribution is -2.43. The standard InChI is InChI=1S/C26H30N2O7/c1-14-12-19-23(24(29)20(14)25(30)34-3)22(16-8-7-9-17(13-16)28(32)33)21(15(2)27-19)26(31)35-18-10-5-4-6-11-18/h7-9,13-14,18,20,22,27H,4-6,10-12H2,1-3H3/t14-,20-,22+/m0/s1. The monoisotopic (exact) mass is 482 g/mol. The summed E-state index contributed by atoms with van der Waals surface area (Å²) in [5.41, 5.74) is 1.93. The molecular weight excluding hydrogens is 452 g/mol. The summed E-state index contributed by atoms with van der Waals surface area (Å²) in [6.07, 6.45) is 4.82. The van der Waals surface area contributed by atoms with Gasteiger partial charge in [0, 0.05) is 35.0 Å². The van der Waals surface area contributed by atoms with E-state index in [1.807, 2.05) is 0 Å². The van der Waals surface area contributed by atoms with Gasteiger partial charge in [0.05, 0.1) is 17.6 Å². The van der Waals surface area contributed by atoms with Gasteiger partial charge in [-0.05, 0) is 50.5 Å². The molecule has 0 radical (unpaired) electrons. The number of hydrogen-bond donors (Lipinski definition) is 1. The summed E-state index contributed by atoms with van der Waals surface area (Å²) >= 11 is 0. The average Bonchev–Trinajstić information content (AvgIpc) is 2.83. The van der Waals surface area contributed by atoms with Crippen molar-refractivity contribution >= 4 is 23.4 Å². The second kappa shape index (κ2) is 10.0. The molecule has 0 unspecified atom stereocenters. The molecule has 0 saturated heterocycles. The summed E-state index contributed by atoms with van der Waals surface area (Å²) < 4.78 is 10.8. The van der Waals surface area contributed by atoms with E-state index >= 15 is 0 Å². The second-order valence-electron chi connectivity index (χ2n) is 9.55. The van der Waals surface area contributed by atoms with Gasteiger partial charge in [-0.2, -0.15) is 0 Å². The summed E-state index contributed by atoms with van der Waals surface area (Å²) in [5.74, 6) is -3.85. The van der Waals surface area contributed by atoms with Crippen LogP contribution in [0, 0.1) is 22.0 Å². The molecule has 186 valence electrons. The summed E-state index contributed by atoms with van der Waals surface area (Å²) in [6, 6.07) is 5.93. The van der Waals surface area contributed by atoms with Crippen LogP contribution in [0.1, 0.15) is 63.9 Å². The van der Waals surface area contributed by atoms with Crippen molar-refractivity contribution < 1.29 is 28.8 Å². The summed E-state index contributed by atoms with van der Waals surface area (Å²) in [4.78, 5) is 50.7. The molecule has 0 bridgehead atoms. The summed E-state index contributed by atoms with van der Waals surface area (Å²) in [5, 5.41) is 14.7. The first-order valence-electron chi connectivity index (χ1n) is 12.0. The van der Waals surface area contributed by atoms with E-state index in [1.165, 1.54) is 25.3 Å². The minimum Gasteiger partial charge on any atom is -0.468 e. The Labute approximate surface area is 203 Å². The maximum Gasteiger partial charge on any atom is 0.337 e. The molecule has 9 heteroatoms. The Bertz CT molecular complexity index is 1130. The Hall–Kier alpha value is -3.49. The van der Waals surface area contributed by atoms with Crippen LogP contribution in [-0.4, -0.2) is 35.9 Å². The Balaban J connectivity index is 1.82. The minimum atomic E-state index is -1.02. The first kappa shape index (κ1) is 24.6. The average molecular weight is 483 g/mol. The number of ketones is 1. The van der Waals surface area contributed by atoms with Gasteiger partial charge in [-0.1, -0.05) is 25.5 Å². The molecule has 3 aliphatic rings. The summed E-state index contributed by atoms with van der Waals surface area (Å²) in [6.45, 7) is 3.55. The van der Waals surface area contributed by atoms with Crippen LogP contribution >= 0.6 is 0 Å². The highest BCUT2D eigenvalue weighted by Crippen LogP contribution is 2.46. The third kappa shape index (κ3) is 4.72. The van der Waals surface area contributed by atoms with Gasteiger partial charge in [0.25, 0.3) is 5.69 Å². The fourth-order valence-electron chi connectivity index (χ4n) is 5.50. The van der Waals surface area contributed by atoms with E-state index in [4.69, 9.17) is 9.47 Å². The van der Waals surface area contributed by atoms with E-state index in [0.717, 1.165) is 32.1 Å². The quantitative estimate of drug-likeness (QED) is 0.288. The molecule has 35 heavy (non-hydrogen) atoms. The molecule has 0 spiro atoms. The van der Waals surface area contributed by atoms with Gasteiger partial charge in [0.1, 0.15) is 12.0 Å². The minimum absolute atomic E-state index is 0.151. The number of dihydropyridines is 1. The van der Waals surface area contributed by atoms with Gasteiger partial charge < -0.3 is 14.8 Å². The van der Waals surface area contributed by atoms with E-state index in [1.54, 1.807) is 19.9 Å². The maximum absolute atomic E-state index is 13.7. The molecule has 1 fully saturated rings. The number of allylic oxidation sites excluding steroid dienone is 3. The predicted octanol–water partition coefficient (Wildman–Crippen LogP) is 4.08. The fourth-order valence-corrected chi connectivity index (χ4v) is 5.50. The van der Waals surface area contributed by atoms with E-state index in [0.29, 0.717) is 23.4 Å². The smallest absolute Gasteiger partial charge is 0.337 e. The van der Waals surface area contributed by atoms with Crippen molar-refractivity contribution in [3.63, 3.8) is 0 Å². The van der Waals surface area contributed by atoms with Gasteiger partial charge in [0.15, 0.2) is 5.78 Å². The normalized spacial score (nSPS) is 25.0. The van der Waals surface area contributed by atoms with Crippen LogP contribution in [0.25, 0.3) is 0 Å². The van der Waals surface area contributed by atoms with E-state index < -0.39 is 34.5 Å². The van der Waals surface area contributed by atoms with Crippen LogP contribution in [0.3, 0.4) is 0 Å². The number of nitrogens with one attached hydrogen (secondary N) is 1. The fraction of sp³-hybridized carbons (Fsp3) is 0.500. The van der Waals surface area contributed by atoms with Gasteiger partial charge in [-0.15, -0.1) is 0 Å². The molecule has 9 nitrogen and oxygen atoms in total. The van der Waals surface area contributed by atoms with Crippen LogP contribution < -0.4 is 5.32 Å². The van der Waals surface area contributed by atoms with Crippen molar-refractivity contribution in [3.8, 4) is 0 Å². The van der Waals surface area contributed by atoms with Crippen molar-refractivity contribution in [1.82, 2.24) is 5.32 Å². The first-order valence-corrected chi connectivity index (χ1v) is 12.0. The Kier molecular flexibility index (Phi) is 7.05. The maximum atomic E-state index is 13.7. The summed E-state index contributed by atoms with van der Waals surface area (Å²) in [7, 11) is 1.24. The van der Waals surface area contributed by atoms with Crippen LogP contribution in [-0.2, 0) is 23.9 Å². The number of non-ortho nitro benzene ring substituents is 1. The third-order valence-electron chi connectivity index (χ3n) is 7.20. The number of methoxy groups -OCH3 is 1. The lowest BCUT2D eigenvalue weighted by atomic mass is 9.69. The van der Waals surface area contributed by atoms with E-state index in [2.05, 4.69) is 5.32 Å². The number of Topliss-reactive ketones (excluding diaryl/α,β-unsaturated/α-hetero) is 1. The third-order valence-corrected chi connectivity index (χ3v) is 7.20. The molecule has 1 N–H and O–H groups in total. The van der Waals surface area contributed by atoms with Crippen molar-refractivity contribution in [2.45, 2.75) is 64.4 Å². The number of rotatable bonds is 5. The molecule has 1 heterocycles. The molecule has 1 aromatic rings. The Morgan fingerprint density at radius 2 is 1.89 bits per heavy atom. The zero-order valence-corrected chi connectivity index (χ0v) is 20.2. The van der Waals surface area contributed by atoms with E-state index in [9.17, 15) is 24.5 Å². The number of carbonyl (C=O) groups is 3. The van der Waals surface area contributed by atoms with Crippen molar-refractivity contribution in [2.24, 2.45) is 11.8 Å². The SMILES string of the molecule is COC(=O)[C@@H]1C(=O)C2=C(C[C@@H]1C)NC(C)=C(C(=O)OC1CCCCC1)[C@H]2c1cccc([N+](=O)[O-])c1. The topological polar surface area (TPSA) is 125 Å². The van der Waals surface area contributed by atoms with Crippen molar-refractivity contribution in [2.75, 3.05) is 7.11 Å².